The molecule has 0 saturated carbocycles. The average molecular weight is 271 g/mol. The summed E-state index contributed by atoms with van der Waals surface area (Å²) in [6, 6.07) is 11.1. The number of benzene rings is 1. The molecule has 1 heterocycles. The summed E-state index contributed by atoms with van der Waals surface area (Å²) in [6.45, 7) is -0.153. The second-order valence-electron chi connectivity index (χ2n) is 3.84. The van der Waals surface area contributed by atoms with Crippen molar-refractivity contribution in [2.75, 3.05) is 11.9 Å². The van der Waals surface area contributed by atoms with E-state index < -0.39 is 0 Å². The van der Waals surface area contributed by atoms with Gasteiger partial charge in [0.2, 0.25) is 5.91 Å². The fourth-order valence-electron chi connectivity index (χ4n) is 1.56. The predicted octanol–water partition coefficient (Wildman–Crippen LogP) is 2.27. The molecule has 0 atom stereocenters. The van der Waals surface area contributed by atoms with E-state index >= 15 is 0 Å². The molecule has 0 aliphatic heterocycles. The summed E-state index contributed by atoms with van der Waals surface area (Å²) >= 11 is 1.57. The van der Waals surface area contributed by atoms with Crippen LogP contribution in [0, 0.1) is 11.8 Å². The molecule has 4 heteroatoms. The molecule has 1 aromatic heterocycles. The van der Waals surface area contributed by atoms with Crippen LogP contribution in [-0.2, 0) is 11.2 Å². The van der Waals surface area contributed by atoms with Gasteiger partial charge >= 0.3 is 0 Å². The van der Waals surface area contributed by atoms with E-state index in [4.69, 9.17) is 5.11 Å². The number of thiophene rings is 1. The van der Waals surface area contributed by atoms with Crippen LogP contribution in [-0.4, -0.2) is 17.6 Å². The van der Waals surface area contributed by atoms with Crippen LogP contribution in [0.2, 0.25) is 0 Å². The molecule has 2 rings (SSSR count). The molecule has 0 bridgehead atoms. The van der Waals surface area contributed by atoms with Gasteiger partial charge in [0.25, 0.3) is 0 Å². The summed E-state index contributed by atoms with van der Waals surface area (Å²) in [7, 11) is 0. The molecule has 0 aliphatic rings. The maximum absolute atomic E-state index is 11.8. The van der Waals surface area contributed by atoms with E-state index in [1.54, 1.807) is 23.5 Å². The lowest BCUT2D eigenvalue weighted by molar-refractivity contribution is -0.115. The first kappa shape index (κ1) is 13.3. The highest BCUT2D eigenvalue weighted by molar-refractivity contribution is 7.10. The fourth-order valence-corrected chi connectivity index (χ4v) is 2.26. The third-order valence-electron chi connectivity index (χ3n) is 2.40. The van der Waals surface area contributed by atoms with Crippen molar-refractivity contribution in [3.8, 4) is 11.8 Å². The van der Waals surface area contributed by atoms with Crippen LogP contribution in [0.5, 0.6) is 0 Å². The fraction of sp³-hybridized carbons (Fsp3) is 0.133. The van der Waals surface area contributed by atoms with Crippen LogP contribution in [0.25, 0.3) is 0 Å². The number of anilines is 1. The Bertz CT molecular complexity index is 591. The van der Waals surface area contributed by atoms with Crippen molar-refractivity contribution in [1.29, 1.82) is 0 Å². The molecule has 1 aromatic carbocycles. The highest BCUT2D eigenvalue weighted by atomic mass is 32.1. The minimum Gasteiger partial charge on any atom is -0.384 e. The normalized spacial score (nSPS) is 9.53. The maximum Gasteiger partial charge on any atom is 0.229 e. The van der Waals surface area contributed by atoms with Crippen LogP contribution in [0.3, 0.4) is 0 Å². The monoisotopic (exact) mass is 271 g/mol. The van der Waals surface area contributed by atoms with Crippen LogP contribution >= 0.6 is 11.3 Å². The molecule has 2 N–H and O–H groups in total. The molecule has 0 fully saturated rings. The van der Waals surface area contributed by atoms with E-state index in [0.29, 0.717) is 6.42 Å². The van der Waals surface area contributed by atoms with Crippen molar-refractivity contribution >= 4 is 22.9 Å². The maximum atomic E-state index is 11.8. The highest BCUT2D eigenvalue weighted by Crippen LogP contribution is 2.12. The second-order valence-corrected chi connectivity index (χ2v) is 4.87. The van der Waals surface area contributed by atoms with Gasteiger partial charge in [0.05, 0.1) is 6.42 Å². The Kier molecular flexibility index (Phi) is 4.73. The van der Waals surface area contributed by atoms with E-state index in [-0.39, 0.29) is 12.5 Å². The molecule has 1 amide bonds. The zero-order valence-electron chi connectivity index (χ0n) is 10.2. The van der Waals surface area contributed by atoms with E-state index in [1.807, 2.05) is 29.6 Å². The largest absolute Gasteiger partial charge is 0.384 e. The molecule has 0 radical (unpaired) electrons. The lowest BCUT2D eigenvalue weighted by Crippen LogP contribution is -2.13. The van der Waals surface area contributed by atoms with Gasteiger partial charge in [0.1, 0.15) is 6.61 Å². The van der Waals surface area contributed by atoms with Gasteiger partial charge in [-0.1, -0.05) is 17.9 Å². The average Bonchev–Trinajstić information content (AvgIpc) is 2.90. The topological polar surface area (TPSA) is 49.3 Å². The lowest BCUT2D eigenvalue weighted by Gasteiger charge is -2.04. The van der Waals surface area contributed by atoms with Gasteiger partial charge in [-0.05, 0) is 35.7 Å². The molecule has 96 valence electrons. The van der Waals surface area contributed by atoms with Gasteiger partial charge in [-0.2, -0.15) is 0 Å². The highest BCUT2D eigenvalue weighted by Gasteiger charge is 2.04. The smallest absolute Gasteiger partial charge is 0.229 e. The summed E-state index contributed by atoms with van der Waals surface area (Å²) in [4.78, 5) is 12.8. The first-order valence-corrected chi connectivity index (χ1v) is 6.68. The van der Waals surface area contributed by atoms with Crippen molar-refractivity contribution in [2.45, 2.75) is 6.42 Å². The summed E-state index contributed by atoms with van der Waals surface area (Å²) in [5.41, 5.74) is 1.56. The Hall–Kier alpha value is -2.09. The van der Waals surface area contributed by atoms with Gasteiger partial charge in [0.15, 0.2) is 0 Å². The molecular formula is C15H13NO2S. The zero-order valence-corrected chi connectivity index (χ0v) is 11.0. The summed E-state index contributed by atoms with van der Waals surface area (Å²) < 4.78 is 0. The molecule has 2 aromatic rings. The molecule has 0 aliphatic carbocycles. The van der Waals surface area contributed by atoms with E-state index in [0.717, 1.165) is 16.1 Å². The van der Waals surface area contributed by atoms with Crippen molar-refractivity contribution < 1.29 is 9.90 Å². The number of rotatable bonds is 3. The Balaban J connectivity index is 1.94. The first-order chi connectivity index (χ1) is 9.28. The van der Waals surface area contributed by atoms with Gasteiger partial charge < -0.3 is 10.4 Å². The number of carbonyl (C=O) groups excluding carboxylic acids is 1. The molecule has 0 spiro atoms. The Morgan fingerprint density at radius 3 is 2.68 bits per heavy atom. The zero-order chi connectivity index (χ0) is 13.5. The number of amides is 1. The Morgan fingerprint density at radius 1 is 1.26 bits per heavy atom. The Morgan fingerprint density at radius 2 is 2.05 bits per heavy atom. The third-order valence-corrected chi connectivity index (χ3v) is 3.27. The standard InChI is InChI=1S/C15H13NO2S/c17-9-1-3-12-5-7-13(8-6-12)16-15(18)11-14-4-2-10-19-14/h2,4-8,10,17H,9,11H2,(H,16,18). The molecular weight excluding hydrogens is 258 g/mol. The summed E-state index contributed by atoms with van der Waals surface area (Å²) in [5.74, 6) is 5.34. The van der Waals surface area contributed by atoms with E-state index in [1.165, 1.54) is 0 Å². The molecule has 0 unspecified atom stereocenters. The van der Waals surface area contributed by atoms with Crippen LogP contribution < -0.4 is 5.32 Å². The number of carbonyl (C=O) groups is 1. The van der Waals surface area contributed by atoms with Crippen molar-refractivity contribution in [3.05, 3.63) is 52.2 Å². The van der Waals surface area contributed by atoms with Crippen LogP contribution in [0.4, 0.5) is 5.69 Å². The second kappa shape index (κ2) is 6.74. The quantitative estimate of drug-likeness (QED) is 0.841. The lowest BCUT2D eigenvalue weighted by atomic mass is 10.2. The molecule has 3 nitrogen and oxygen atoms in total. The summed E-state index contributed by atoms with van der Waals surface area (Å²) in [6.07, 6.45) is 0.393. The van der Waals surface area contributed by atoms with Gasteiger partial charge in [0, 0.05) is 16.1 Å². The van der Waals surface area contributed by atoms with E-state index in [2.05, 4.69) is 17.2 Å². The first-order valence-electron chi connectivity index (χ1n) is 5.80. The molecule has 0 saturated heterocycles. The minimum atomic E-state index is -0.153. The SMILES string of the molecule is O=C(Cc1cccs1)Nc1ccc(C#CCO)cc1. The molecule has 19 heavy (non-hydrogen) atoms. The van der Waals surface area contributed by atoms with Gasteiger partial charge in [-0.25, -0.2) is 0 Å². The number of hydrogen-bond acceptors (Lipinski definition) is 3. The van der Waals surface area contributed by atoms with Crippen molar-refractivity contribution in [2.24, 2.45) is 0 Å². The van der Waals surface area contributed by atoms with Gasteiger partial charge in [-0.3, -0.25) is 4.79 Å². The van der Waals surface area contributed by atoms with Crippen LogP contribution in [0.1, 0.15) is 10.4 Å². The predicted molar refractivity (Wildman–Crippen MR) is 77.1 cm³/mol. The van der Waals surface area contributed by atoms with Crippen molar-refractivity contribution in [1.82, 2.24) is 0 Å². The number of aliphatic hydroxyl groups is 1. The number of nitrogens with one attached hydrogen (secondary N) is 1. The number of hydrogen-bond donors (Lipinski definition) is 2. The minimum absolute atomic E-state index is 0.0309. The summed E-state index contributed by atoms with van der Waals surface area (Å²) in [5, 5.41) is 13.4. The Labute approximate surface area is 115 Å². The van der Waals surface area contributed by atoms with E-state index in [9.17, 15) is 4.79 Å². The van der Waals surface area contributed by atoms with Crippen LogP contribution in [0.15, 0.2) is 41.8 Å². The van der Waals surface area contributed by atoms with Crippen molar-refractivity contribution in [3.63, 3.8) is 0 Å². The number of aliphatic hydroxyl groups excluding tert-OH is 1. The van der Waals surface area contributed by atoms with Gasteiger partial charge in [-0.15, -0.1) is 11.3 Å². The third kappa shape index (κ3) is 4.25.